The molecule has 0 aromatic heterocycles. The van der Waals surface area contributed by atoms with Crippen LogP contribution in [-0.2, 0) is 9.53 Å². The fraction of sp³-hybridized carbons (Fsp3) is 0.0588. The first-order valence-electron chi connectivity index (χ1n) is 6.47. The predicted octanol–water partition coefficient (Wildman–Crippen LogP) is 4.32. The fourth-order valence-electron chi connectivity index (χ4n) is 1.96. The van der Waals surface area contributed by atoms with Crippen molar-refractivity contribution in [3.8, 4) is 0 Å². The highest BCUT2D eigenvalue weighted by molar-refractivity contribution is 6.46. The summed E-state index contributed by atoms with van der Waals surface area (Å²) in [5, 5.41) is 0.629. The van der Waals surface area contributed by atoms with E-state index >= 15 is 0 Å². The van der Waals surface area contributed by atoms with Crippen molar-refractivity contribution in [3.63, 3.8) is 0 Å². The quantitative estimate of drug-likeness (QED) is 0.774. The van der Waals surface area contributed by atoms with E-state index in [9.17, 15) is 4.79 Å². The first kappa shape index (κ1) is 13.6. The maximum atomic E-state index is 11.9. The highest BCUT2D eigenvalue weighted by Crippen LogP contribution is 2.24. The third-order valence-corrected chi connectivity index (χ3v) is 3.34. The number of ether oxygens (including phenoxy) is 1. The van der Waals surface area contributed by atoms with Crippen molar-refractivity contribution in [1.29, 1.82) is 0 Å². The van der Waals surface area contributed by atoms with Gasteiger partial charge in [-0.15, -0.1) is 0 Å². The van der Waals surface area contributed by atoms with Crippen molar-refractivity contribution in [2.75, 3.05) is 0 Å². The Morgan fingerprint density at radius 1 is 1.00 bits per heavy atom. The normalized spacial score (nSPS) is 16.0. The third kappa shape index (κ3) is 3.03. The fourth-order valence-corrected chi connectivity index (χ4v) is 2.08. The Hall–Kier alpha value is -2.39. The molecule has 0 amide bonds. The zero-order chi connectivity index (χ0) is 14.8. The van der Waals surface area contributed by atoms with Gasteiger partial charge in [0.2, 0.25) is 0 Å². The van der Waals surface area contributed by atoms with Crippen molar-refractivity contribution < 1.29 is 9.53 Å². The zero-order valence-corrected chi connectivity index (χ0v) is 12.1. The minimum absolute atomic E-state index is 0.285. The number of cyclic esters (lactones) is 1. The molecular formula is C17H12ClNO2. The topological polar surface area (TPSA) is 38.7 Å². The van der Waals surface area contributed by atoms with Crippen LogP contribution in [-0.4, -0.2) is 11.7 Å². The van der Waals surface area contributed by atoms with E-state index in [-0.39, 0.29) is 5.71 Å². The number of carbonyl (C=O) groups is 1. The van der Waals surface area contributed by atoms with Crippen molar-refractivity contribution in [2.24, 2.45) is 4.99 Å². The number of aryl methyl sites for hydroxylation is 1. The second kappa shape index (κ2) is 5.54. The number of esters is 1. The molecule has 4 heteroatoms. The van der Waals surface area contributed by atoms with Gasteiger partial charge in [0.15, 0.2) is 5.71 Å². The van der Waals surface area contributed by atoms with Gasteiger partial charge in [0, 0.05) is 16.7 Å². The summed E-state index contributed by atoms with van der Waals surface area (Å²) in [6.45, 7) is 2.01. The monoisotopic (exact) mass is 297 g/mol. The van der Waals surface area contributed by atoms with E-state index in [1.54, 1.807) is 30.3 Å². The highest BCUT2D eigenvalue weighted by Gasteiger charge is 2.23. The molecule has 1 aliphatic rings. The molecule has 0 radical (unpaired) electrons. The summed E-state index contributed by atoms with van der Waals surface area (Å²) >= 11 is 5.82. The van der Waals surface area contributed by atoms with Gasteiger partial charge in [-0.2, -0.15) is 0 Å². The van der Waals surface area contributed by atoms with Crippen molar-refractivity contribution in [1.82, 2.24) is 0 Å². The molecule has 0 N–H and O–H groups in total. The predicted molar refractivity (Wildman–Crippen MR) is 83.8 cm³/mol. The average molecular weight is 298 g/mol. The second-order valence-electron chi connectivity index (χ2n) is 4.74. The number of rotatable bonds is 2. The van der Waals surface area contributed by atoms with Crippen LogP contribution in [0, 0.1) is 6.92 Å². The summed E-state index contributed by atoms with van der Waals surface area (Å²) in [6.07, 6.45) is 1.65. The molecule has 0 spiro atoms. The van der Waals surface area contributed by atoms with Crippen molar-refractivity contribution in [2.45, 2.75) is 6.92 Å². The Labute approximate surface area is 127 Å². The van der Waals surface area contributed by atoms with Crippen LogP contribution in [0.2, 0.25) is 5.02 Å². The average Bonchev–Trinajstić information content (AvgIpc) is 2.83. The number of hydrogen-bond donors (Lipinski definition) is 0. The number of halogens is 1. The van der Waals surface area contributed by atoms with E-state index in [1.165, 1.54) is 0 Å². The number of hydrogen-bond acceptors (Lipinski definition) is 3. The van der Waals surface area contributed by atoms with Gasteiger partial charge in [-0.05, 0) is 31.2 Å². The van der Waals surface area contributed by atoms with Crippen LogP contribution >= 0.6 is 11.6 Å². The van der Waals surface area contributed by atoms with E-state index in [4.69, 9.17) is 16.3 Å². The Kier molecular flexibility index (Phi) is 3.59. The Bertz CT molecular complexity index is 743. The van der Waals surface area contributed by atoms with Gasteiger partial charge in [0.25, 0.3) is 0 Å². The number of aliphatic imine (C=N–C) groups is 1. The summed E-state index contributed by atoms with van der Waals surface area (Å²) in [6, 6.07) is 14.7. The highest BCUT2D eigenvalue weighted by atomic mass is 35.5. The SMILES string of the molecule is Cc1ccc(C2=CC(=Nc3ccc(Cl)cc3)C(=O)O2)cc1. The molecule has 3 nitrogen and oxygen atoms in total. The summed E-state index contributed by atoms with van der Waals surface area (Å²) in [4.78, 5) is 16.1. The maximum absolute atomic E-state index is 11.9. The molecule has 3 rings (SSSR count). The lowest BCUT2D eigenvalue weighted by molar-refractivity contribution is -0.128. The molecule has 0 saturated carbocycles. The molecule has 0 unspecified atom stereocenters. The molecule has 0 saturated heterocycles. The van der Waals surface area contributed by atoms with Gasteiger partial charge in [0.1, 0.15) is 5.76 Å². The minimum Gasteiger partial charge on any atom is -0.421 e. The number of nitrogens with zero attached hydrogens (tertiary/aromatic N) is 1. The minimum atomic E-state index is -0.444. The molecule has 0 aliphatic carbocycles. The summed E-state index contributed by atoms with van der Waals surface area (Å²) < 4.78 is 5.26. The lowest BCUT2D eigenvalue weighted by Gasteiger charge is -2.01. The second-order valence-corrected chi connectivity index (χ2v) is 5.17. The Morgan fingerprint density at radius 2 is 1.67 bits per heavy atom. The summed E-state index contributed by atoms with van der Waals surface area (Å²) in [5.41, 5.74) is 2.95. The van der Waals surface area contributed by atoms with Crippen LogP contribution in [0.4, 0.5) is 5.69 Å². The van der Waals surface area contributed by atoms with Gasteiger partial charge >= 0.3 is 5.97 Å². The zero-order valence-electron chi connectivity index (χ0n) is 11.3. The van der Waals surface area contributed by atoms with E-state index in [1.807, 2.05) is 31.2 Å². The van der Waals surface area contributed by atoms with Gasteiger partial charge in [-0.25, -0.2) is 9.79 Å². The molecule has 1 aliphatic heterocycles. The van der Waals surface area contributed by atoms with E-state index in [0.717, 1.165) is 11.1 Å². The van der Waals surface area contributed by atoms with Gasteiger partial charge in [-0.1, -0.05) is 41.4 Å². The molecule has 2 aromatic carbocycles. The lowest BCUT2D eigenvalue weighted by Crippen LogP contribution is -2.06. The molecule has 2 aromatic rings. The summed E-state index contributed by atoms with van der Waals surface area (Å²) in [7, 11) is 0. The molecule has 1 heterocycles. The number of carbonyl (C=O) groups excluding carboxylic acids is 1. The van der Waals surface area contributed by atoms with Crippen LogP contribution in [0.15, 0.2) is 59.6 Å². The van der Waals surface area contributed by atoms with E-state index < -0.39 is 5.97 Å². The standard InChI is InChI=1S/C17H12ClNO2/c1-11-2-4-12(5-3-11)16-10-15(17(20)21-16)19-14-8-6-13(18)7-9-14/h2-10H,1H3. The first-order chi connectivity index (χ1) is 10.1. The van der Waals surface area contributed by atoms with Gasteiger partial charge < -0.3 is 4.74 Å². The van der Waals surface area contributed by atoms with Gasteiger partial charge in [0.05, 0.1) is 5.69 Å². The molecule has 0 bridgehead atoms. The first-order valence-corrected chi connectivity index (χ1v) is 6.85. The molecule has 104 valence electrons. The number of benzene rings is 2. The smallest absolute Gasteiger partial charge is 0.362 e. The van der Waals surface area contributed by atoms with Crippen LogP contribution in [0.5, 0.6) is 0 Å². The third-order valence-electron chi connectivity index (χ3n) is 3.09. The van der Waals surface area contributed by atoms with Crippen LogP contribution in [0.1, 0.15) is 11.1 Å². The molecule has 0 fully saturated rings. The van der Waals surface area contributed by atoms with Crippen LogP contribution < -0.4 is 0 Å². The van der Waals surface area contributed by atoms with Gasteiger partial charge in [-0.3, -0.25) is 0 Å². The molecule has 0 atom stereocenters. The van der Waals surface area contributed by atoms with Crippen molar-refractivity contribution in [3.05, 3.63) is 70.8 Å². The van der Waals surface area contributed by atoms with Crippen molar-refractivity contribution >= 4 is 34.7 Å². The van der Waals surface area contributed by atoms with E-state index in [0.29, 0.717) is 16.5 Å². The maximum Gasteiger partial charge on any atom is 0.362 e. The van der Waals surface area contributed by atoms with Crippen LogP contribution in [0.3, 0.4) is 0 Å². The molecule has 21 heavy (non-hydrogen) atoms. The van der Waals surface area contributed by atoms with Crippen LogP contribution in [0.25, 0.3) is 5.76 Å². The Balaban J connectivity index is 1.91. The molecular weight excluding hydrogens is 286 g/mol. The largest absolute Gasteiger partial charge is 0.421 e. The lowest BCUT2D eigenvalue weighted by atomic mass is 10.1. The van der Waals surface area contributed by atoms with E-state index in [2.05, 4.69) is 4.99 Å². The summed E-state index contributed by atoms with van der Waals surface area (Å²) in [5.74, 6) is 0.0771. The Morgan fingerprint density at radius 3 is 2.33 bits per heavy atom.